The van der Waals surface area contributed by atoms with Gasteiger partial charge in [0.05, 0.1) is 18.3 Å². The number of hydroxylamine groups is 2. The highest BCUT2D eigenvalue weighted by molar-refractivity contribution is 6.02. The van der Waals surface area contributed by atoms with Gasteiger partial charge in [-0.3, -0.25) is 4.79 Å². The third kappa shape index (κ3) is 7.75. The topological polar surface area (TPSA) is 129 Å². The molecule has 2 heterocycles. The first-order valence-corrected chi connectivity index (χ1v) is 16.3. The Morgan fingerprint density at radius 1 is 0.981 bits per heavy atom. The molecule has 3 aromatic carbocycles. The molecule has 5 rings (SSSR count). The Morgan fingerprint density at radius 3 is 2.31 bits per heavy atom. The highest BCUT2D eigenvalue weighted by atomic mass is 19.4. The van der Waals surface area contributed by atoms with Gasteiger partial charge < -0.3 is 20.8 Å². The number of fused-ring (bicyclic) bond motifs is 1. The van der Waals surface area contributed by atoms with Gasteiger partial charge in [-0.2, -0.15) is 23.2 Å². The van der Waals surface area contributed by atoms with Gasteiger partial charge in [0.1, 0.15) is 17.3 Å². The van der Waals surface area contributed by atoms with E-state index in [-0.39, 0.29) is 47.2 Å². The van der Waals surface area contributed by atoms with E-state index < -0.39 is 47.4 Å². The van der Waals surface area contributed by atoms with E-state index in [0.29, 0.717) is 17.2 Å². The van der Waals surface area contributed by atoms with E-state index >= 15 is 8.78 Å². The average Bonchev–Trinajstić information content (AvgIpc) is 3.08. The molecule has 0 unspecified atom stereocenters. The summed E-state index contributed by atoms with van der Waals surface area (Å²) in [6.07, 6.45) is -4.54. The third-order valence-corrected chi connectivity index (χ3v) is 8.29. The van der Waals surface area contributed by atoms with Gasteiger partial charge in [0, 0.05) is 35.5 Å². The summed E-state index contributed by atoms with van der Waals surface area (Å²) in [4.78, 5) is 52.8. The number of benzene rings is 3. The summed E-state index contributed by atoms with van der Waals surface area (Å²) in [5, 5.41) is 9.38. The molecule has 0 atom stereocenters. The van der Waals surface area contributed by atoms with E-state index in [4.69, 9.17) is 4.98 Å². The summed E-state index contributed by atoms with van der Waals surface area (Å²) in [5.41, 5.74) is 3.61. The lowest BCUT2D eigenvalue weighted by Gasteiger charge is -2.31. The van der Waals surface area contributed by atoms with Crippen molar-refractivity contribution < 1.29 is 41.2 Å². The lowest BCUT2D eigenvalue weighted by atomic mass is 9.97. The molecule has 1 aliphatic rings. The SMILES string of the molecule is CCc1c(C)cccc1NCCNc1nc(-c2cc(C(=O)N(OC(=O)C(F)(F)F)C(C)C)ccc2C)c2c(n1)N(c1c(F)cccc1F)C(=O)NC2. The Labute approximate surface area is 296 Å². The number of halogens is 5. The monoisotopic (exact) mass is 725 g/mol. The fourth-order valence-electron chi connectivity index (χ4n) is 5.74. The van der Waals surface area contributed by atoms with Gasteiger partial charge in [-0.25, -0.2) is 28.3 Å². The zero-order valence-electron chi connectivity index (χ0n) is 28.9. The molecule has 0 saturated heterocycles. The van der Waals surface area contributed by atoms with Crippen LogP contribution in [-0.4, -0.2) is 58.2 Å². The van der Waals surface area contributed by atoms with Crippen molar-refractivity contribution in [2.75, 3.05) is 28.6 Å². The second-order valence-electron chi connectivity index (χ2n) is 12.2. The molecule has 16 heteroatoms. The number of nitrogens with one attached hydrogen (secondary N) is 3. The van der Waals surface area contributed by atoms with Crippen LogP contribution in [-0.2, 0) is 22.6 Å². The number of aryl methyl sites for hydroxylation is 2. The van der Waals surface area contributed by atoms with Crippen LogP contribution in [0.25, 0.3) is 11.3 Å². The van der Waals surface area contributed by atoms with Crippen molar-refractivity contribution in [1.29, 1.82) is 0 Å². The fraction of sp³-hybridized carbons (Fsp3) is 0.306. The molecule has 0 saturated carbocycles. The summed E-state index contributed by atoms with van der Waals surface area (Å²) < 4.78 is 69.4. The molecule has 3 N–H and O–H groups in total. The van der Waals surface area contributed by atoms with Crippen molar-refractivity contribution in [2.24, 2.45) is 0 Å². The highest BCUT2D eigenvalue weighted by Crippen LogP contribution is 2.39. The molecular weight excluding hydrogens is 689 g/mol. The maximum Gasteiger partial charge on any atom is 0.493 e. The zero-order chi connectivity index (χ0) is 37.9. The predicted molar refractivity (Wildman–Crippen MR) is 184 cm³/mol. The molecule has 0 bridgehead atoms. The molecular formula is C36H36F5N7O4. The number of urea groups is 1. The third-order valence-electron chi connectivity index (χ3n) is 8.29. The molecule has 274 valence electrons. The molecule has 3 amide bonds. The minimum Gasteiger partial charge on any atom is -0.383 e. The molecule has 4 aromatic rings. The van der Waals surface area contributed by atoms with Gasteiger partial charge in [0.15, 0.2) is 5.82 Å². The largest absolute Gasteiger partial charge is 0.493 e. The van der Waals surface area contributed by atoms with Crippen LogP contribution in [0.2, 0.25) is 0 Å². The number of rotatable bonds is 10. The first-order chi connectivity index (χ1) is 24.6. The lowest BCUT2D eigenvalue weighted by molar-refractivity contribution is -0.232. The van der Waals surface area contributed by atoms with Crippen LogP contribution in [0.1, 0.15) is 53.4 Å². The van der Waals surface area contributed by atoms with E-state index in [2.05, 4.69) is 32.7 Å². The number of amides is 3. The van der Waals surface area contributed by atoms with Crippen LogP contribution in [0.15, 0.2) is 54.6 Å². The van der Waals surface area contributed by atoms with Crippen LogP contribution in [0.5, 0.6) is 0 Å². The summed E-state index contributed by atoms with van der Waals surface area (Å²) in [6, 6.07) is 11.4. The molecule has 1 aromatic heterocycles. The highest BCUT2D eigenvalue weighted by Gasteiger charge is 2.44. The lowest BCUT2D eigenvalue weighted by Crippen LogP contribution is -2.43. The van der Waals surface area contributed by atoms with Crippen LogP contribution < -0.4 is 20.9 Å². The standard InChI is InChI=1S/C36H36F5N7O4/c1-6-23-20(4)9-7-12-28(23)42-15-16-43-34-45-29(25-18-44-35(51)47(31(25)46-34)30-26(37)10-8-11-27(30)38)24-17-22(14-13-21(24)5)32(49)48(19(2)3)52-33(50)36(39,40)41/h7-14,17,19,42H,6,15-16,18H2,1-5H3,(H,44,51)(H,43,45,46). The second kappa shape index (κ2) is 15.2. The quantitative estimate of drug-likeness (QED) is 0.0880. The van der Waals surface area contributed by atoms with Gasteiger partial charge in [0.2, 0.25) is 5.95 Å². The number of aromatic nitrogens is 2. The number of carbonyl (C=O) groups excluding carboxylic acids is 3. The van der Waals surface area contributed by atoms with Crippen molar-refractivity contribution in [3.8, 4) is 11.3 Å². The molecule has 52 heavy (non-hydrogen) atoms. The van der Waals surface area contributed by atoms with Crippen LogP contribution in [0.4, 0.5) is 49.9 Å². The van der Waals surface area contributed by atoms with Crippen molar-refractivity contribution >= 4 is 41.0 Å². The maximum absolute atomic E-state index is 15.2. The zero-order valence-corrected chi connectivity index (χ0v) is 28.9. The Balaban J connectivity index is 1.58. The average molecular weight is 726 g/mol. The second-order valence-corrected chi connectivity index (χ2v) is 12.2. The molecule has 11 nitrogen and oxygen atoms in total. The molecule has 0 radical (unpaired) electrons. The molecule has 0 aliphatic carbocycles. The van der Waals surface area contributed by atoms with Gasteiger partial charge in [-0.05, 0) is 81.1 Å². The number of anilines is 4. The van der Waals surface area contributed by atoms with E-state index in [1.807, 2.05) is 25.1 Å². The molecule has 1 aliphatic heterocycles. The van der Waals surface area contributed by atoms with Crippen LogP contribution in [0.3, 0.4) is 0 Å². The van der Waals surface area contributed by atoms with Gasteiger partial charge in [-0.1, -0.05) is 31.2 Å². The number of hydrogen-bond acceptors (Lipinski definition) is 8. The van der Waals surface area contributed by atoms with Crippen molar-refractivity contribution in [3.05, 3.63) is 94.0 Å². The van der Waals surface area contributed by atoms with E-state index in [9.17, 15) is 27.6 Å². The number of carbonyl (C=O) groups is 3. The summed E-state index contributed by atoms with van der Waals surface area (Å²) in [7, 11) is 0. The normalized spacial score (nSPS) is 12.7. The Kier molecular flexibility index (Phi) is 11.0. The Morgan fingerprint density at radius 2 is 1.65 bits per heavy atom. The molecule has 0 spiro atoms. The number of alkyl halides is 3. The Hall–Kier alpha value is -5.80. The Bertz CT molecular complexity index is 2000. The van der Waals surface area contributed by atoms with Gasteiger partial charge in [-0.15, -0.1) is 0 Å². The summed E-state index contributed by atoms with van der Waals surface area (Å²) in [5.74, 6) is -5.84. The predicted octanol–water partition coefficient (Wildman–Crippen LogP) is 7.36. The van der Waals surface area contributed by atoms with E-state index in [1.54, 1.807) is 6.92 Å². The summed E-state index contributed by atoms with van der Waals surface area (Å²) in [6.45, 7) is 8.98. The minimum atomic E-state index is -5.35. The van der Waals surface area contributed by atoms with E-state index in [0.717, 1.165) is 46.3 Å². The maximum atomic E-state index is 15.2. The van der Waals surface area contributed by atoms with Crippen molar-refractivity contribution in [2.45, 2.75) is 59.8 Å². The van der Waals surface area contributed by atoms with Crippen LogP contribution in [0, 0.1) is 25.5 Å². The van der Waals surface area contributed by atoms with Crippen molar-refractivity contribution in [3.63, 3.8) is 0 Å². The van der Waals surface area contributed by atoms with E-state index in [1.165, 1.54) is 32.0 Å². The number of hydrogen-bond donors (Lipinski definition) is 3. The van der Waals surface area contributed by atoms with Gasteiger partial charge >= 0.3 is 18.2 Å². The summed E-state index contributed by atoms with van der Waals surface area (Å²) >= 11 is 0. The number of para-hydroxylation sites is 1. The smallest absolute Gasteiger partial charge is 0.383 e. The molecule has 0 fully saturated rings. The van der Waals surface area contributed by atoms with Crippen LogP contribution >= 0.6 is 0 Å². The number of nitrogens with zero attached hydrogens (tertiary/aromatic N) is 4. The fourth-order valence-corrected chi connectivity index (χ4v) is 5.74. The minimum absolute atomic E-state index is 0.0222. The van der Waals surface area contributed by atoms with Gasteiger partial charge in [0.25, 0.3) is 5.91 Å². The first kappa shape index (κ1) is 37.5. The van der Waals surface area contributed by atoms with Crippen molar-refractivity contribution in [1.82, 2.24) is 20.3 Å². The first-order valence-electron chi connectivity index (χ1n) is 16.3.